The fourth-order valence-corrected chi connectivity index (χ4v) is 2.42. The molecule has 0 bridgehead atoms. The monoisotopic (exact) mass is 254 g/mol. The number of Topliss-reactive ketones (excluding diaryl/α,β-unsaturated/α-hetero) is 1. The highest BCUT2D eigenvalue weighted by Crippen LogP contribution is 2.28. The van der Waals surface area contributed by atoms with E-state index in [1.165, 1.54) is 12.5 Å². The zero-order valence-corrected chi connectivity index (χ0v) is 10.6. The molecule has 0 saturated heterocycles. The molecule has 4 heteroatoms. The van der Waals surface area contributed by atoms with Crippen LogP contribution in [0.1, 0.15) is 33.3 Å². The first-order valence-electron chi connectivity index (χ1n) is 6.26. The maximum atomic E-state index is 12.4. The van der Waals surface area contributed by atoms with Crippen molar-refractivity contribution in [1.29, 1.82) is 0 Å². The summed E-state index contributed by atoms with van der Waals surface area (Å²) in [5.74, 6) is -0.130. The number of fused-ring (bicyclic) bond motifs is 1. The summed E-state index contributed by atoms with van der Waals surface area (Å²) in [5, 5.41) is 0. The second kappa shape index (κ2) is 4.39. The number of benzene rings is 1. The minimum atomic E-state index is -0.0857. The van der Waals surface area contributed by atoms with Crippen LogP contribution >= 0.6 is 0 Å². The Morgan fingerprint density at radius 3 is 2.79 bits per heavy atom. The molecule has 0 spiro atoms. The Balaban J connectivity index is 1.91. The smallest absolute Gasteiger partial charge is 0.274 e. The summed E-state index contributed by atoms with van der Waals surface area (Å²) < 4.78 is 0. The summed E-state index contributed by atoms with van der Waals surface area (Å²) in [5.41, 5.74) is 3.15. The molecular weight excluding hydrogens is 240 g/mol. The summed E-state index contributed by atoms with van der Waals surface area (Å²) in [6.45, 7) is 2.18. The lowest BCUT2D eigenvalue weighted by Gasteiger charge is -2.16. The third-order valence-electron chi connectivity index (χ3n) is 3.45. The van der Waals surface area contributed by atoms with Gasteiger partial charge in [-0.1, -0.05) is 18.2 Å². The molecule has 0 atom stereocenters. The number of anilines is 1. The number of aromatic nitrogens is 1. The van der Waals surface area contributed by atoms with E-state index in [2.05, 4.69) is 4.98 Å². The van der Waals surface area contributed by atoms with Crippen LogP contribution in [0.2, 0.25) is 0 Å². The summed E-state index contributed by atoms with van der Waals surface area (Å²) in [6.07, 6.45) is 2.46. The Morgan fingerprint density at radius 2 is 2.05 bits per heavy atom. The highest BCUT2D eigenvalue weighted by molar-refractivity contribution is 6.07. The first kappa shape index (κ1) is 11.7. The van der Waals surface area contributed by atoms with Crippen LogP contribution in [0, 0.1) is 0 Å². The Labute approximate surface area is 111 Å². The summed E-state index contributed by atoms with van der Waals surface area (Å²) in [7, 11) is 0. The van der Waals surface area contributed by atoms with E-state index >= 15 is 0 Å². The van der Waals surface area contributed by atoms with Crippen LogP contribution in [0.5, 0.6) is 0 Å². The van der Waals surface area contributed by atoms with Gasteiger partial charge >= 0.3 is 0 Å². The van der Waals surface area contributed by atoms with Gasteiger partial charge in [0, 0.05) is 24.0 Å². The molecule has 1 aromatic heterocycles. The van der Waals surface area contributed by atoms with Crippen molar-refractivity contribution in [1.82, 2.24) is 4.98 Å². The van der Waals surface area contributed by atoms with Gasteiger partial charge in [0.2, 0.25) is 0 Å². The lowest BCUT2D eigenvalue weighted by molar-refractivity contribution is 0.0984. The molecule has 1 aromatic carbocycles. The molecule has 4 nitrogen and oxygen atoms in total. The lowest BCUT2D eigenvalue weighted by Crippen LogP contribution is -2.29. The number of amides is 1. The second-order valence-electron chi connectivity index (χ2n) is 4.69. The molecule has 0 saturated carbocycles. The van der Waals surface area contributed by atoms with Gasteiger partial charge in [-0.3, -0.25) is 9.59 Å². The third kappa shape index (κ3) is 1.95. The number of carbonyl (C=O) groups is 2. The first-order chi connectivity index (χ1) is 9.16. The predicted octanol–water partition coefficient (Wildman–Crippen LogP) is 2.42. The van der Waals surface area contributed by atoms with Crippen molar-refractivity contribution < 1.29 is 9.59 Å². The van der Waals surface area contributed by atoms with Crippen LogP contribution in [-0.2, 0) is 6.42 Å². The van der Waals surface area contributed by atoms with Crippen LogP contribution in [-0.4, -0.2) is 23.2 Å². The van der Waals surface area contributed by atoms with E-state index in [1.807, 2.05) is 24.3 Å². The van der Waals surface area contributed by atoms with Crippen molar-refractivity contribution in [3.63, 3.8) is 0 Å². The number of rotatable bonds is 2. The molecule has 96 valence electrons. The number of nitrogens with zero attached hydrogens (tertiary/aromatic N) is 1. The molecule has 1 amide bonds. The first-order valence-corrected chi connectivity index (χ1v) is 6.26. The quantitative estimate of drug-likeness (QED) is 0.837. The van der Waals surface area contributed by atoms with Crippen LogP contribution < -0.4 is 4.90 Å². The number of para-hydroxylation sites is 1. The van der Waals surface area contributed by atoms with Gasteiger partial charge in [-0.05, 0) is 31.0 Å². The van der Waals surface area contributed by atoms with E-state index in [1.54, 1.807) is 17.2 Å². The number of ketones is 1. The topological polar surface area (TPSA) is 53.2 Å². The van der Waals surface area contributed by atoms with Gasteiger partial charge in [0.25, 0.3) is 5.91 Å². The second-order valence-corrected chi connectivity index (χ2v) is 4.69. The Kier molecular flexibility index (Phi) is 2.71. The average molecular weight is 254 g/mol. The fraction of sp³-hybridized carbons (Fsp3) is 0.200. The van der Waals surface area contributed by atoms with E-state index in [9.17, 15) is 9.59 Å². The average Bonchev–Trinajstić information content (AvgIpc) is 3.05. The number of nitrogens with one attached hydrogen (secondary N) is 1. The van der Waals surface area contributed by atoms with Crippen molar-refractivity contribution in [2.24, 2.45) is 0 Å². The molecule has 3 rings (SSSR count). The van der Waals surface area contributed by atoms with Gasteiger partial charge in [0.15, 0.2) is 5.78 Å². The van der Waals surface area contributed by atoms with Crippen LogP contribution in [0.4, 0.5) is 5.69 Å². The highest BCUT2D eigenvalue weighted by Gasteiger charge is 2.26. The van der Waals surface area contributed by atoms with Gasteiger partial charge in [0.05, 0.1) is 0 Å². The van der Waals surface area contributed by atoms with Crippen molar-refractivity contribution in [2.45, 2.75) is 13.3 Å². The van der Waals surface area contributed by atoms with Crippen LogP contribution in [0.15, 0.2) is 36.5 Å². The molecule has 1 N–H and O–H groups in total. The highest BCUT2D eigenvalue weighted by atomic mass is 16.2. The van der Waals surface area contributed by atoms with Crippen molar-refractivity contribution >= 4 is 17.4 Å². The lowest BCUT2D eigenvalue weighted by atomic mass is 10.2. The standard InChI is InChI=1S/C15H14N2O2/c1-10(18)12-8-13(16-9-12)15(19)17-7-6-11-4-2-3-5-14(11)17/h2-5,8-9,16H,6-7H2,1H3. The molecule has 0 fully saturated rings. The van der Waals surface area contributed by atoms with Crippen molar-refractivity contribution in [3.05, 3.63) is 53.3 Å². The van der Waals surface area contributed by atoms with E-state index < -0.39 is 0 Å². The van der Waals surface area contributed by atoms with Gasteiger partial charge in [-0.25, -0.2) is 0 Å². The van der Waals surface area contributed by atoms with Crippen molar-refractivity contribution in [2.75, 3.05) is 11.4 Å². The van der Waals surface area contributed by atoms with E-state index in [-0.39, 0.29) is 11.7 Å². The van der Waals surface area contributed by atoms with Gasteiger partial charge in [-0.15, -0.1) is 0 Å². The third-order valence-corrected chi connectivity index (χ3v) is 3.45. The number of aromatic amines is 1. The van der Waals surface area contributed by atoms with Crippen LogP contribution in [0.25, 0.3) is 0 Å². The van der Waals surface area contributed by atoms with Crippen molar-refractivity contribution in [3.8, 4) is 0 Å². The zero-order valence-electron chi connectivity index (χ0n) is 10.6. The maximum absolute atomic E-state index is 12.4. The van der Waals surface area contributed by atoms with Crippen LogP contribution in [0.3, 0.4) is 0 Å². The minimum Gasteiger partial charge on any atom is -0.356 e. The molecule has 0 unspecified atom stereocenters. The van der Waals surface area contributed by atoms with Gasteiger partial charge in [-0.2, -0.15) is 0 Å². The van der Waals surface area contributed by atoms with E-state index in [0.717, 1.165) is 12.1 Å². The molecule has 1 aliphatic rings. The molecular formula is C15H14N2O2. The Bertz CT molecular complexity index is 658. The van der Waals surface area contributed by atoms with Gasteiger partial charge < -0.3 is 9.88 Å². The summed E-state index contributed by atoms with van der Waals surface area (Å²) in [4.78, 5) is 28.3. The van der Waals surface area contributed by atoms with Gasteiger partial charge in [0.1, 0.15) is 5.69 Å². The van der Waals surface area contributed by atoms with E-state index in [0.29, 0.717) is 17.8 Å². The summed E-state index contributed by atoms with van der Waals surface area (Å²) in [6, 6.07) is 9.52. The number of H-pyrrole nitrogens is 1. The normalized spacial score (nSPS) is 13.4. The Hall–Kier alpha value is -2.36. The molecule has 19 heavy (non-hydrogen) atoms. The van der Waals surface area contributed by atoms with E-state index in [4.69, 9.17) is 0 Å². The summed E-state index contributed by atoms with van der Waals surface area (Å²) >= 11 is 0. The fourth-order valence-electron chi connectivity index (χ4n) is 2.42. The largest absolute Gasteiger partial charge is 0.356 e. The molecule has 2 heterocycles. The predicted molar refractivity (Wildman–Crippen MR) is 72.6 cm³/mol. The zero-order chi connectivity index (χ0) is 13.4. The molecule has 1 aliphatic heterocycles. The number of hydrogen-bond acceptors (Lipinski definition) is 2. The molecule has 0 radical (unpaired) electrons. The number of hydrogen-bond donors (Lipinski definition) is 1. The molecule has 0 aliphatic carbocycles. The number of carbonyl (C=O) groups excluding carboxylic acids is 2. The maximum Gasteiger partial charge on any atom is 0.274 e. The molecule has 2 aromatic rings. The minimum absolute atomic E-state index is 0.0443. The Morgan fingerprint density at radius 1 is 1.26 bits per heavy atom. The SMILES string of the molecule is CC(=O)c1c[nH]c(C(=O)N2CCc3ccccc32)c1.